The number of Topliss-reactive ketones (excluding diaryl/α,β-unsaturated/α-hetero) is 2. The van der Waals surface area contributed by atoms with Crippen LogP contribution in [-0.4, -0.2) is 35.0 Å². The van der Waals surface area contributed by atoms with E-state index in [0.717, 1.165) is 33.4 Å². The molecule has 0 atom stereocenters. The summed E-state index contributed by atoms with van der Waals surface area (Å²) in [4.78, 5) is 27.6. The lowest BCUT2D eigenvalue weighted by molar-refractivity contribution is -0.116. The summed E-state index contributed by atoms with van der Waals surface area (Å²) in [6.45, 7) is 23.2. The van der Waals surface area contributed by atoms with Crippen LogP contribution in [0.15, 0.2) is 84.9 Å². The number of benzene rings is 4. The molecule has 0 aliphatic heterocycles. The van der Waals surface area contributed by atoms with E-state index in [-0.39, 0.29) is 33.2 Å². The number of aromatic hydroxyl groups is 2. The fraction of sp³-hybridized carbons (Fsp3) is 0.375. The van der Waals surface area contributed by atoms with Crippen LogP contribution in [-0.2, 0) is 44.9 Å². The van der Waals surface area contributed by atoms with Crippen LogP contribution in [0.2, 0.25) is 0 Å². The second kappa shape index (κ2) is 17.3. The smallest absolute Gasteiger partial charge is 0.320 e. The largest absolute Gasteiger partial charge is 0.507 e. The number of rotatable bonds is 12. The van der Waals surface area contributed by atoms with Gasteiger partial charge >= 0.3 is 8.25 Å². The fourth-order valence-electron chi connectivity index (χ4n) is 6.43. The summed E-state index contributed by atoms with van der Waals surface area (Å²) in [5, 5.41) is 22.5. The van der Waals surface area contributed by atoms with Gasteiger partial charge in [-0.25, -0.2) is 0 Å². The van der Waals surface area contributed by atoms with Crippen molar-refractivity contribution >= 4 is 43.1 Å². The van der Waals surface area contributed by atoms with Crippen molar-refractivity contribution in [2.75, 3.05) is 13.2 Å². The molecule has 7 nitrogen and oxygen atoms in total. The van der Waals surface area contributed by atoms with Crippen molar-refractivity contribution in [3.05, 3.63) is 129 Å². The van der Waals surface area contributed by atoms with Crippen molar-refractivity contribution in [3.8, 4) is 11.5 Å². The Morgan fingerprint density at radius 3 is 1.04 bits per heavy atom. The number of phenols is 2. The van der Waals surface area contributed by atoms with Gasteiger partial charge in [0.15, 0.2) is 11.6 Å². The number of hydrogen-bond donors (Lipinski definition) is 2. The molecule has 0 amide bonds. The summed E-state index contributed by atoms with van der Waals surface area (Å²) in [7, 11) is -3.28. The van der Waals surface area contributed by atoms with Crippen LogP contribution in [0.4, 0.5) is 0 Å². The standard InChI is InChI=1S/C48H59O7P/c1-45(2,3)37-25-31(26-38(43(37)51)46(4,5)6)23-35(33-19-15-13-16-20-33)41(49)29-54-56(53)55-30-42(50)36(34-21-17-14-18-22-34)24-32-27-39(47(7,8)9)44(52)40(28-32)48(10,11)12/h13-28,51-52,56H,29-30H2,1-12H3. The summed E-state index contributed by atoms with van der Waals surface area (Å²) < 4.78 is 24.1. The van der Waals surface area contributed by atoms with Gasteiger partial charge < -0.3 is 19.3 Å². The topological polar surface area (TPSA) is 110 Å². The van der Waals surface area contributed by atoms with E-state index in [2.05, 4.69) is 0 Å². The van der Waals surface area contributed by atoms with Crippen LogP contribution in [0.1, 0.15) is 128 Å². The van der Waals surface area contributed by atoms with Crippen molar-refractivity contribution < 1.29 is 33.4 Å². The third-order valence-corrected chi connectivity index (χ3v) is 10.3. The van der Waals surface area contributed by atoms with Gasteiger partial charge in [0.05, 0.1) is 0 Å². The molecule has 0 aliphatic rings. The molecule has 0 fully saturated rings. The molecule has 298 valence electrons. The summed E-state index contributed by atoms with van der Waals surface area (Å²) in [6.07, 6.45) is 3.53. The van der Waals surface area contributed by atoms with Crippen LogP contribution in [0, 0.1) is 0 Å². The van der Waals surface area contributed by atoms with Gasteiger partial charge in [0.25, 0.3) is 0 Å². The molecule has 0 aromatic heterocycles. The molecule has 56 heavy (non-hydrogen) atoms. The van der Waals surface area contributed by atoms with E-state index >= 15 is 0 Å². The fourth-order valence-corrected chi connectivity index (χ4v) is 7.01. The van der Waals surface area contributed by atoms with Gasteiger partial charge in [-0.3, -0.25) is 14.2 Å². The molecule has 0 unspecified atom stereocenters. The van der Waals surface area contributed by atoms with Gasteiger partial charge in [-0.1, -0.05) is 144 Å². The molecular formula is C48H59O7P. The van der Waals surface area contributed by atoms with E-state index in [1.54, 1.807) is 12.2 Å². The zero-order valence-corrected chi connectivity index (χ0v) is 36.1. The van der Waals surface area contributed by atoms with Crippen LogP contribution < -0.4 is 0 Å². The zero-order chi connectivity index (χ0) is 41.8. The Hall–Kier alpha value is -4.55. The first-order valence-corrected chi connectivity index (χ1v) is 20.3. The quantitative estimate of drug-likeness (QED) is 0.0837. The lowest BCUT2D eigenvalue weighted by Crippen LogP contribution is -2.17. The minimum atomic E-state index is -3.28. The summed E-state index contributed by atoms with van der Waals surface area (Å²) in [6, 6.07) is 25.9. The van der Waals surface area contributed by atoms with Crippen molar-refractivity contribution in [2.24, 2.45) is 0 Å². The summed E-state index contributed by atoms with van der Waals surface area (Å²) in [5.41, 5.74) is 5.01. The lowest BCUT2D eigenvalue weighted by Gasteiger charge is -2.28. The Balaban J connectivity index is 1.61. The Morgan fingerprint density at radius 1 is 0.518 bits per heavy atom. The third kappa shape index (κ3) is 11.3. The number of carbonyl (C=O) groups excluding carboxylic acids is 2. The Bertz CT molecular complexity index is 1910. The molecule has 0 radical (unpaired) electrons. The van der Waals surface area contributed by atoms with Gasteiger partial charge in [-0.05, 0) is 80.3 Å². The van der Waals surface area contributed by atoms with E-state index in [0.29, 0.717) is 22.3 Å². The maximum Gasteiger partial charge on any atom is 0.320 e. The molecule has 4 aromatic rings. The molecular weight excluding hydrogens is 719 g/mol. The highest BCUT2D eigenvalue weighted by atomic mass is 31.1. The van der Waals surface area contributed by atoms with Crippen LogP contribution in [0.5, 0.6) is 11.5 Å². The van der Waals surface area contributed by atoms with Crippen molar-refractivity contribution in [1.29, 1.82) is 0 Å². The number of phenolic OH excluding ortho intramolecular Hbond substituents is 2. The molecule has 2 N–H and O–H groups in total. The average Bonchev–Trinajstić information content (AvgIpc) is 3.10. The Morgan fingerprint density at radius 2 is 0.786 bits per heavy atom. The monoisotopic (exact) mass is 778 g/mol. The predicted octanol–water partition coefficient (Wildman–Crippen LogP) is 11.6. The molecule has 8 heteroatoms. The first-order chi connectivity index (χ1) is 25.9. The highest BCUT2D eigenvalue weighted by Crippen LogP contribution is 2.42. The number of carbonyl (C=O) groups is 2. The number of ketones is 2. The Kier molecular flexibility index (Phi) is 13.6. The average molecular weight is 779 g/mol. The molecule has 0 bridgehead atoms. The van der Waals surface area contributed by atoms with Crippen LogP contribution in [0.3, 0.4) is 0 Å². The second-order valence-electron chi connectivity index (χ2n) is 18.5. The second-order valence-corrected chi connectivity index (χ2v) is 19.5. The highest BCUT2D eigenvalue weighted by molar-refractivity contribution is 7.33. The van der Waals surface area contributed by atoms with Gasteiger partial charge in [-0.2, -0.15) is 0 Å². The SMILES string of the molecule is CC(C)(C)c1cc(C=C(C(=O)CO[PH](=O)OCC(=O)C(=Cc2cc(C(C)(C)C)c(O)c(C(C)(C)C)c2)c2ccccc2)c2ccccc2)cc(C(C)(C)C)c1O. The van der Waals surface area contributed by atoms with E-state index in [1.165, 1.54) is 0 Å². The lowest BCUT2D eigenvalue weighted by atomic mass is 9.78. The van der Waals surface area contributed by atoms with Crippen LogP contribution >= 0.6 is 8.25 Å². The summed E-state index contributed by atoms with van der Waals surface area (Å²) in [5.74, 6) is -0.371. The normalized spacial score (nSPS) is 13.8. The molecule has 0 spiro atoms. The van der Waals surface area contributed by atoms with Gasteiger partial charge in [-0.15, -0.1) is 0 Å². The molecule has 4 rings (SSSR count). The van der Waals surface area contributed by atoms with Crippen molar-refractivity contribution in [2.45, 2.75) is 105 Å². The van der Waals surface area contributed by atoms with E-state index in [9.17, 15) is 24.4 Å². The number of hydrogen-bond acceptors (Lipinski definition) is 7. The van der Waals surface area contributed by atoms with Crippen LogP contribution in [0.25, 0.3) is 23.3 Å². The van der Waals surface area contributed by atoms with E-state index in [4.69, 9.17) is 9.05 Å². The molecule has 0 saturated carbocycles. The zero-order valence-electron chi connectivity index (χ0n) is 35.1. The predicted molar refractivity (Wildman–Crippen MR) is 231 cm³/mol. The molecule has 0 aliphatic carbocycles. The maximum atomic E-state index is 13.8. The maximum absolute atomic E-state index is 13.8. The van der Waals surface area contributed by atoms with E-state index < -0.39 is 33.0 Å². The van der Waals surface area contributed by atoms with Gasteiger partial charge in [0.1, 0.15) is 24.7 Å². The summed E-state index contributed by atoms with van der Waals surface area (Å²) >= 11 is 0. The minimum Gasteiger partial charge on any atom is -0.507 e. The first-order valence-electron chi connectivity index (χ1n) is 19.0. The highest BCUT2D eigenvalue weighted by Gasteiger charge is 2.28. The van der Waals surface area contributed by atoms with Crippen molar-refractivity contribution in [1.82, 2.24) is 0 Å². The Labute approximate surface area is 334 Å². The molecule has 4 aromatic carbocycles. The third-order valence-electron chi connectivity index (χ3n) is 9.53. The van der Waals surface area contributed by atoms with Gasteiger partial charge in [0.2, 0.25) is 0 Å². The van der Waals surface area contributed by atoms with E-state index in [1.807, 2.05) is 168 Å². The molecule has 0 heterocycles. The van der Waals surface area contributed by atoms with Crippen molar-refractivity contribution in [3.63, 3.8) is 0 Å². The first kappa shape index (κ1) is 44.2. The minimum absolute atomic E-state index is 0.237. The van der Waals surface area contributed by atoms with Gasteiger partial charge in [0, 0.05) is 33.4 Å². The molecule has 0 saturated heterocycles.